The number of anilines is 2. The molecule has 2 aliphatic heterocycles. The van der Waals surface area contributed by atoms with Crippen molar-refractivity contribution in [3.8, 4) is 0 Å². The van der Waals surface area contributed by atoms with Gasteiger partial charge in [0.15, 0.2) is 0 Å². The van der Waals surface area contributed by atoms with Crippen LogP contribution in [0.3, 0.4) is 0 Å². The summed E-state index contributed by atoms with van der Waals surface area (Å²) in [5.41, 5.74) is 2.58. The Morgan fingerprint density at radius 3 is 2.42 bits per heavy atom. The van der Waals surface area contributed by atoms with E-state index in [1.165, 1.54) is 0 Å². The third-order valence-corrected chi connectivity index (χ3v) is 6.85. The van der Waals surface area contributed by atoms with Gasteiger partial charge in [0, 0.05) is 49.5 Å². The molecule has 2 fully saturated rings. The monoisotopic (exact) mass is 467 g/mol. The van der Waals surface area contributed by atoms with Gasteiger partial charge in [-0.1, -0.05) is 23.7 Å². The predicted molar refractivity (Wildman–Crippen MR) is 131 cm³/mol. The molecule has 2 heterocycles. The van der Waals surface area contributed by atoms with Gasteiger partial charge in [-0.3, -0.25) is 14.4 Å². The first-order chi connectivity index (χ1) is 15.9. The van der Waals surface area contributed by atoms with Gasteiger partial charge in [-0.05, 0) is 67.6 Å². The van der Waals surface area contributed by atoms with Crippen molar-refractivity contribution < 1.29 is 14.4 Å². The molecular weight excluding hydrogens is 438 g/mol. The maximum atomic E-state index is 13.2. The minimum atomic E-state index is -0.221. The lowest BCUT2D eigenvalue weighted by Gasteiger charge is -2.34. The quantitative estimate of drug-likeness (QED) is 0.658. The standard InChI is InChI=1S/C26H30ClN3O3/c1-28(22-11-13-23(14-12-22)30-16-3-2-6-24(30)31)26(33)20-5-4-15-29(18-20)25(32)17-19-7-9-21(27)10-8-19/h7-14,20H,2-6,15-18H2,1H3/t20-/m0/s1. The van der Waals surface area contributed by atoms with Crippen LogP contribution < -0.4 is 9.80 Å². The van der Waals surface area contributed by atoms with E-state index in [1.54, 1.807) is 29.0 Å². The summed E-state index contributed by atoms with van der Waals surface area (Å²) >= 11 is 5.93. The molecule has 0 bridgehead atoms. The number of rotatable bonds is 5. The third kappa shape index (κ3) is 5.56. The average molecular weight is 468 g/mol. The number of likely N-dealkylation sites (tertiary alicyclic amines) is 1. The Morgan fingerprint density at radius 1 is 1.00 bits per heavy atom. The number of carbonyl (C=O) groups is 3. The van der Waals surface area contributed by atoms with Gasteiger partial charge in [-0.25, -0.2) is 0 Å². The maximum absolute atomic E-state index is 13.2. The van der Waals surface area contributed by atoms with E-state index in [2.05, 4.69) is 0 Å². The number of nitrogens with zero attached hydrogens (tertiary/aromatic N) is 3. The molecule has 7 heteroatoms. The molecule has 2 aliphatic rings. The van der Waals surface area contributed by atoms with Crippen LogP contribution in [0.25, 0.3) is 0 Å². The summed E-state index contributed by atoms with van der Waals surface area (Å²) in [7, 11) is 1.78. The second-order valence-electron chi connectivity index (χ2n) is 8.90. The van der Waals surface area contributed by atoms with Crippen LogP contribution in [-0.2, 0) is 20.8 Å². The molecule has 2 aromatic carbocycles. The van der Waals surface area contributed by atoms with Crippen LogP contribution in [-0.4, -0.2) is 49.3 Å². The molecule has 0 aromatic heterocycles. The van der Waals surface area contributed by atoms with E-state index in [9.17, 15) is 14.4 Å². The summed E-state index contributed by atoms with van der Waals surface area (Å²) < 4.78 is 0. The molecule has 33 heavy (non-hydrogen) atoms. The molecule has 2 saturated heterocycles. The molecule has 0 unspecified atom stereocenters. The van der Waals surface area contributed by atoms with Crippen molar-refractivity contribution in [2.45, 2.75) is 38.5 Å². The van der Waals surface area contributed by atoms with Crippen molar-refractivity contribution in [1.29, 1.82) is 0 Å². The predicted octanol–water partition coefficient (Wildman–Crippen LogP) is 4.30. The van der Waals surface area contributed by atoms with Crippen LogP contribution >= 0.6 is 11.6 Å². The largest absolute Gasteiger partial charge is 0.342 e. The molecule has 0 aliphatic carbocycles. The van der Waals surface area contributed by atoms with Crippen LogP contribution in [0.1, 0.15) is 37.7 Å². The zero-order valence-electron chi connectivity index (χ0n) is 19.0. The number of benzene rings is 2. The summed E-state index contributed by atoms with van der Waals surface area (Å²) in [5, 5.41) is 0.647. The van der Waals surface area contributed by atoms with Crippen molar-refractivity contribution >= 4 is 40.7 Å². The molecule has 3 amide bonds. The topological polar surface area (TPSA) is 60.9 Å². The lowest BCUT2D eigenvalue weighted by atomic mass is 9.95. The zero-order chi connectivity index (χ0) is 23.4. The number of amides is 3. The van der Waals surface area contributed by atoms with E-state index < -0.39 is 0 Å². The highest BCUT2D eigenvalue weighted by molar-refractivity contribution is 6.30. The molecule has 0 radical (unpaired) electrons. The Kier molecular flexibility index (Phi) is 7.33. The SMILES string of the molecule is CN(C(=O)[C@H]1CCCN(C(=O)Cc2ccc(Cl)cc2)C1)c1ccc(N2CCCCC2=O)cc1. The Morgan fingerprint density at radius 2 is 1.73 bits per heavy atom. The van der Waals surface area contributed by atoms with Crippen molar-refractivity contribution in [3.05, 3.63) is 59.1 Å². The first-order valence-electron chi connectivity index (χ1n) is 11.6. The van der Waals surface area contributed by atoms with Crippen LogP contribution in [0.5, 0.6) is 0 Å². The smallest absolute Gasteiger partial charge is 0.231 e. The highest BCUT2D eigenvalue weighted by Gasteiger charge is 2.30. The Bertz CT molecular complexity index is 1010. The Hall–Kier alpha value is -2.86. The van der Waals surface area contributed by atoms with Crippen LogP contribution in [0, 0.1) is 5.92 Å². The van der Waals surface area contributed by atoms with E-state index >= 15 is 0 Å². The molecule has 0 saturated carbocycles. The van der Waals surface area contributed by atoms with E-state index in [4.69, 9.17) is 11.6 Å². The normalized spacial score (nSPS) is 18.8. The fourth-order valence-corrected chi connectivity index (χ4v) is 4.76. The third-order valence-electron chi connectivity index (χ3n) is 6.59. The summed E-state index contributed by atoms with van der Waals surface area (Å²) in [6.45, 7) is 1.86. The number of piperidine rings is 2. The van der Waals surface area contributed by atoms with Crippen LogP contribution in [0.2, 0.25) is 5.02 Å². The Balaban J connectivity index is 1.37. The molecular formula is C26H30ClN3O3. The van der Waals surface area contributed by atoms with E-state index in [0.717, 1.165) is 49.2 Å². The molecule has 2 aromatic rings. The lowest BCUT2D eigenvalue weighted by molar-refractivity contribution is -0.134. The van der Waals surface area contributed by atoms with Crippen molar-refractivity contribution in [1.82, 2.24) is 4.90 Å². The van der Waals surface area contributed by atoms with E-state index in [-0.39, 0.29) is 23.6 Å². The number of halogens is 1. The number of hydrogen-bond acceptors (Lipinski definition) is 3. The highest BCUT2D eigenvalue weighted by atomic mass is 35.5. The molecule has 1 atom stereocenters. The van der Waals surface area contributed by atoms with Gasteiger partial charge in [0.05, 0.1) is 12.3 Å². The van der Waals surface area contributed by atoms with Crippen molar-refractivity contribution in [3.63, 3.8) is 0 Å². The fraction of sp³-hybridized carbons (Fsp3) is 0.423. The van der Waals surface area contributed by atoms with Gasteiger partial charge in [0.25, 0.3) is 0 Å². The number of carbonyl (C=O) groups excluding carboxylic acids is 3. The molecule has 4 rings (SSSR count). The summed E-state index contributed by atoms with van der Waals surface area (Å²) in [6, 6.07) is 14.9. The van der Waals surface area contributed by atoms with E-state index in [1.807, 2.05) is 41.3 Å². The maximum Gasteiger partial charge on any atom is 0.231 e. The second-order valence-corrected chi connectivity index (χ2v) is 9.33. The van der Waals surface area contributed by atoms with E-state index in [0.29, 0.717) is 31.0 Å². The fourth-order valence-electron chi connectivity index (χ4n) is 4.63. The minimum Gasteiger partial charge on any atom is -0.342 e. The lowest BCUT2D eigenvalue weighted by Crippen LogP contribution is -2.46. The summed E-state index contributed by atoms with van der Waals surface area (Å²) in [6.07, 6.45) is 4.45. The molecule has 0 N–H and O–H groups in total. The van der Waals surface area contributed by atoms with Crippen molar-refractivity contribution in [2.75, 3.05) is 36.5 Å². The average Bonchev–Trinajstić information content (AvgIpc) is 2.85. The van der Waals surface area contributed by atoms with Crippen LogP contribution in [0.15, 0.2) is 48.5 Å². The Labute approximate surface area is 200 Å². The first kappa shape index (κ1) is 23.3. The molecule has 6 nitrogen and oxygen atoms in total. The van der Waals surface area contributed by atoms with Gasteiger partial charge in [0.2, 0.25) is 17.7 Å². The summed E-state index contributed by atoms with van der Waals surface area (Å²) in [4.78, 5) is 43.5. The second kappa shape index (κ2) is 10.4. The number of hydrogen-bond donors (Lipinski definition) is 0. The zero-order valence-corrected chi connectivity index (χ0v) is 19.8. The van der Waals surface area contributed by atoms with Gasteiger partial charge < -0.3 is 14.7 Å². The van der Waals surface area contributed by atoms with Gasteiger partial charge in [-0.2, -0.15) is 0 Å². The summed E-state index contributed by atoms with van der Waals surface area (Å²) in [5.74, 6) is -0.0147. The van der Waals surface area contributed by atoms with Gasteiger partial charge in [-0.15, -0.1) is 0 Å². The molecule has 174 valence electrons. The van der Waals surface area contributed by atoms with Crippen LogP contribution in [0.4, 0.5) is 11.4 Å². The van der Waals surface area contributed by atoms with Crippen molar-refractivity contribution in [2.24, 2.45) is 5.92 Å². The minimum absolute atomic E-state index is 0.0146. The highest BCUT2D eigenvalue weighted by Crippen LogP contribution is 2.26. The first-order valence-corrected chi connectivity index (χ1v) is 12.0. The van der Waals surface area contributed by atoms with Gasteiger partial charge in [0.1, 0.15) is 0 Å². The van der Waals surface area contributed by atoms with Gasteiger partial charge >= 0.3 is 0 Å². The molecule has 0 spiro atoms.